The maximum atomic E-state index is 2.40. The van der Waals surface area contributed by atoms with Crippen molar-refractivity contribution in [3.8, 4) is 0 Å². The summed E-state index contributed by atoms with van der Waals surface area (Å²) in [5.74, 6) is 0. The van der Waals surface area contributed by atoms with Gasteiger partial charge in [-0.1, -0.05) is 0 Å². The van der Waals surface area contributed by atoms with E-state index < -0.39 is 19.8 Å². The Morgan fingerprint density at radius 3 is 2.80 bits per heavy atom. The second kappa shape index (κ2) is 2.38. The summed E-state index contributed by atoms with van der Waals surface area (Å²) in [5, 5.41) is 0. The first kappa shape index (κ1) is 6.40. The van der Waals surface area contributed by atoms with Crippen molar-refractivity contribution >= 4 is 25.9 Å². The van der Waals surface area contributed by atoms with Crippen LogP contribution < -0.4 is 0 Å². The van der Waals surface area contributed by atoms with Gasteiger partial charge in [-0.25, -0.2) is 0 Å². The van der Waals surface area contributed by atoms with Crippen LogP contribution in [0.3, 0.4) is 0 Å². The van der Waals surface area contributed by atoms with Gasteiger partial charge in [0.05, 0.1) is 0 Å². The molecule has 1 aromatic carbocycles. The Morgan fingerprint density at radius 1 is 1.20 bits per heavy atom. The Morgan fingerprint density at radius 2 is 2.00 bits per heavy atom. The first-order chi connectivity index (χ1) is 4.88. The van der Waals surface area contributed by atoms with Gasteiger partial charge < -0.3 is 0 Å². The molecule has 0 unspecified atom stereocenters. The van der Waals surface area contributed by atoms with Crippen molar-refractivity contribution in [3.05, 3.63) is 37.5 Å². The van der Waals surface area contributed by atoms with Crippen molar-refractivity contribution in [1.82, 2.24) is 0 Å². The molecule has 0 aromatic heterocycles. The molecule has 0 aliphatic carbocycles. The van der Waals surface area contributed by atoms with E-state index in [9.17, 15) is 0 Å². The Kier molecular flexibility index (Phi) is 1.52. The summed E-state index contributed by atoms with van der Waals surface area (Å²) < 4.78 is 4.01. The first-order valence-corrected chi connectivity index (χ1v) is 7.72. The fourth-order valence-corrected chi connectivity index (χ4v) is 4.54. The predicted molar refractivity (Wildman–Crippen MR) is 54.1 cm³/mol. The summed E-state index contributed by atoms with van der Waals surface area (Å²) in [6.45, 7) is 0. The molecule has 1 aromatic rings. The van der Waals surface area contributed by atoms with Gasteiger partial charge in [0.15, 0.2) is 0 Å². The Balaban J connectivity index is 2.59. The zero-order chi connectivity index (χ0) is 6.97. The van der Waals surface area contributed by atoms with E-state index in [1.165, 1.54) is 5.56 Å². The third-order valence-electron chi connectivity index (χ3n) is 1.66. The zero-order valence-corrected chi connectivity index (χ0v) is 8.00. The summed E-state index contributed by atoms with van der Waals surface area (Å²) in [5.41, 5.74) is 1.45. The topological polar surface area (TPSA) is 0 Å². The molecule has 1 aliphatic rings. The molecule has 0 saturated carbocycles. The van der Waals surface area contributed by atoms with Crippen LogP contribution in [0.4, 0.5) is 0 Å². The van der Waals surface area contributed by atoms with Crippen molar-refractivity contribution in [1.29, 1.82) is 0 Å². The molecule has 0 atom stereocenters. The van der Waals surface area contributed by atoms with E-state index in [1.54, 1.807) is 3.57 Å². The van der Waals surface area contributed by atoms with Gasteiger partial charge in [-0.05, 0) is 0 Å². The number of rotatable bonds is 0. The predicted octanol–water partition coefficient (Wildman–Crippen LogP) is 2.98. The van der Waals surface area contributed by atoms with E-state index in [1.807, 2.05) is 0 Å². The molecule has 10 heavy (non-hydrogen) atoms. The van der Waals surface area contributed by atoms with Gasteiger partial charge in [-0.2, -0.15) is 0 Å². The molecule has 1 aliphatic heterocycles. The van der Waals surface area contributed by atoms with E-state index in [0.717, 1.165) is 0 Å². The van der Waals surface area contributed by atoms with Crippen molar-refractivity contribution in [2.45, 2.75) is 0 Å². The van der Waals surface area contributed by atoms with Gasteiger partial charge >= 0.3 is 68.3 Å². The van der Waals surface area contributed by atoms with Crippen LogP contribution in [0.2, 0.25) is 0 Å². The monoisotopic (exact) mass is 244 g/mol. The van der Waals surface area contributed by atoms with Gasteiger partial charge in [-0.3, -0.25) is 0 Å². The van der Waals surface area contributed by atoms with Gasteiger partial charge in [0, 0.05) is 0 Å². The summed E-state index contributed by atoms with van der Waals surface area (Å²) in [7, 11) is 0. The third kappa shape index (κ3) is 0.888. The minimum absolute atomic E-state index is 0.787. The molecule has 0 nitrogen and oxygen atoms in total. The second-order valence-electron chi connectivity index (χ2n) is 2.33. The standard InChI is InChI=1S/C9H9I/c1-10-7-6-8-4-2-3-5-9(8)10/h2-7H,1H3. The van der Waals surface area contributed by atoms with Crippen molar-refractivity contribution < 1.29 is 0 Å². The van der Waals surface area contributed by atoms with Crippen LogP contribution in [0.1, 0.15) is 5.56 Å². The van der Waals surface area contributed by atoms with Crippen LogP contribution in [0.15, 0.2) is 28.3 Å². The Labute approximate surface area is 68.3 Å². The molecular weight excluding hydrogens is 235 g/mol. The molecule has 0 bridgehead atoms. The van der Waals surface area contributed by atoms with Crippen LogP contribution >= 0.6 is 19.8 Å². The molecule has 1 heteroatoms. The van der Waals surface area contributed by atoms with Gasteiger partial charge in [0.1, 0.15) is 0 Å². The normalized spacial score (nSPS) is 17.5. The van der Waals surface area contributed by atoms with E-state index in [0.29, 0.717) is 0 Å². The number of hydrogen-bond acceptors (Lipinski definition) is 0. The van der Waals surface area contributed by atoms with E-state index in [4.69, 9.17) is 0 Å². The second-order valence-corrected chi connectivity index (χ2v) is 7.16. The van der Waals surface area contributed by atoms with Crippen molar-refractivity contribution in [2.75, 3.05) is 4.93 Å². The molecule has 0 amide bonds. The first-order valence-electron chi connectivity index (χ1n) is 3.23. The van der Waals surface area contributed by atoms with Crippen LogP contribution in [0.5, 0.6) is 0 Å². The summed E-state index contributed by atoms with van der Waals surface area (Å²) in [4.78, 5) is 2.38. The minimum atomic E-state index is -0.787. The summed E-state index contributed by atoms with van der Waals surface area (Å²) in [6, 6.07) is 8.71. The average Bonchev–Trinajstić information content (AvgIpc) is 2.34. The van der Waals surface area contributed by atoms with Crippen LogP contribution in [0.25, 0.3) is 6.08 Å². The Bertz CT molecular complexity index is 276. The van der Waals surface area contributed by atoms with Crippen LogP contribution in [-0.4, -0.2) is 4.93 Å². The maximum absolute atomic E-state index is 2.40. The SMILES string of the molecule is CI1C=Cc2ccccc21. The molecule has 52 valence electrons. The van der Waals surface area contributed by atoms with Crippen LogP contribution in [-0.2, 0) is 0 Å². The quantitative estimate of drug-likeness (QED) is 0.486. The summed E-state index contributed by atoms with van der Waals surface area (Å²) in [6.07, 6.45) is 2.26. The molecule has 2 rings (SSSR count). The van der Waals surface area contributed by atoms with E-state index >= 15 is 0 Å². The van der Waals surface area contributed by atoms with Gasteiger partial charge in [0.25, 0.3) is 0 Å². The number of alkyl halides is 1. The van der Waals surface area contributed by atoms with Gasteiger partial charge in [-0.15, -0.1) is 0 Å². The van der Waals surface area contributed by atoms with Crippen molar-refractivity contribution in [3.63, 3.8) is 0 Å². The summed E-state index contributed by atoms with van der Waals surface area (Å²) >= 11 is -0.787. The average molecular weight is 244 g/mol. The van der Waals surface area contributed by atoms with E-state index in [-0.39, 0.29) is 0 Å². The van der Waals surface area contributed by atoms with Crippen LogP contribution in [0, 0.1) is 3.57 Å². The molecular formula is C9H9I. The third-order valence-corrected chi connectivity index (χ3v) is 5.91. The van der Waals surface area contributed by atoms with Gasteiger partial charge in [0.2, 0.25) is 0 Å². The molecule has 0 radical (unpaired) electrons. The number of halogens is 1. The van der Waals surface area contributed by atoms with E-state index in [2.05, 4.69) is 39.4 Å². The number of fused-ring (bicyclic) bond motifs is 1. The number of benzene rings is 1. The fraction of sp³-hybridized carbons (Fsp3) is 0.111. The molecule has 1 heterocycles. The molecule has 0 saturated heterocycles. The molecule has 0 fully saturated rings. The number of hydrogen-bond donors (Lipinski definition) is 0. The zero-order valence-electron chi connectivity index (χ0n) is 5.84. The Hall–Kier alpha value is -0.310. The van der Waals surface area contributed by atoms with Crippen molar-refractivity contribution in [2.24, 2.45) is 0 Å². The molecule has 0 spiro atoms. The fourth-order valence-electron chi connectivity index (χ4n) is 1.11. The molecule has 0 N–H and O–H groups in total.